The van der Waals surface area contributed by atoms with Crippen molar-refractivity contribution in [3.8, 4) is 0 Å². The first-order chi connectivity index (χ1) is 10.2. The van der Waals surface area contributed by atoms with Gasteiger partial charge in [-0.1, -0.05) is 57.0 Å². The van der Waals surface area contributed by atoms with Gasteiger partial charge in [0.05, 0.1) is 6.04 Å². The molecule has 0 aromatic heterocycles. The second-order valence-corrected chi connectivity index (χ2v) is 6.54. The van der Waals surface area contributed by atoms with E-state index in [1.54, 1.807) is 0 Å². The molecule has 1 saturated heterocycles. The second-order valence-electron chi connectivity index (χ2n) is 6.54. The standard InChI is InChI=1S/C18H26N2O/c1-3-8-15-18(21)20(16-12-7-9-13(16)2)17(19-15)14-10-5-4-6-11-14/h4-6,10-11,13,15-17,19H,3,7-9,12H2,1-2H3. The summed E-state index contributed by atoms with van der Waals surface area (Å²) < 4.78 is 0. The molecular formula is C18H26N2O. The lowest BCUT2D eigenvalue weighted by atomic mass is 10.0. The number of hydrogen-bond acceptors (Lipinski definition) is 2. The van der Waals surface area contributed by atoms with Crippen LogP contribution in [0.1, 0.15) is 57.7 Å². The molecule has 0 spiro atoms. The third kappa shape index (κ3) is 2.71. The summed E-state index contributed by atoms with van der Waals surface area (Å²) >= 11 is 0. The third-order valence-electron chi connectivity index (χ3n) is 5.06. The molecule has 1 aliphatic carbocycles. The van der Waals surface area contributed by atoms with Crippen LogP contribution in [0.15, 0.2) is 30.3 Å². The van der Waals surface area contributed by atoms with Gasteiger partial charge in [-0.15, -0.1) is 0 Å². The number of hydrogen-bond donors (Lipinski definition) is 1. The van der Waals surface area contributed by atoms with Gasteiger partial charge in [0.2, 0.25) is 5.91 Å². The summed E-state index contributed by atoms with van der Waals surface area (Å²) in [6.45, 7) is 4.44. The summed E-state index contributed by atoms with van der Waals surface area (Å²) in [5.41, 5.74) is 1.21. The number of carbonyl (C=O) groups excluding carboxylic acids is 1. The molecule has 1 aromatic rings. The average molecular weight is 286 g/mol. The molecular weight excluding hydrogens is 260 g/mol. The Balaban J connectivity index is 1.90. The van der Waals surface area contributed by atoms with Gasteiger partial charge in [-0.25, -0.2) is 0 Å². The molecule has 114 valence electrons. The van der Waals surface area contributed by atoms with Gasteiger partial charge in [-0.05, 0) is 30.7 Å². The normalized spacial score (nSPS) is 32.9. The zero-order valence-corrected chi connectivity index (χ0v) is 13.1. The topological polar surface area (TPSA) is 32.3 Å². The first-order valence-electron chi connectivity index (χ1n) is 8.35. The summed E-state index contributed by atoms with van der Waals surface area (Å²) in [5, 5.41) is 3.58. The number of rotatable bonds is 4. The van der Waals surface area contributed by atoms with E-state index in [0.717, 1.165) is 19.3 Å². The van der Waals surface area contributed by atoms with E-state index in [9.17, 15) is 4.79 Å². The van der Waals surface area contributed by atoms with Crippen LogP contribution in [-0.4, -0.2) is 22.9 Å². The van der Waals surface area contributed by atoms with Crippen molar-refractivity contribution in [3.05, 3.63) is 35.9 Å². The quantitative estimate of drug-likeness (QED) is 0.919. The molecule has 4 unspecified atom stereocenters. The first kappa shape index (κ1) is 14.6. The van der Waals surface area contributed by atoms with Gasteiger partial charge in [0.1, 0.15) is 6.17 Å². The number of nitrogens with one attached hydrogen (secondary N) is 1. The molecule has 0 bridgehead atoms. The maximum atomic E-state index is 12.9. The van der Waals surface area contributed by atoms with Crippen LogP contribution in [0.3, 0.4) is 0 Å². The van der Waals surface area contributed by atoms with Gasteiger partial charge in [0.15, 0.2) is 0 Å². The molecule has 1 saturated carbocycles. The Kier molecular flexibility index (Phi) is 4.29. The largest absolute Gasteiger partial charge is 0.318 e. The number of amides is 1. The Hall–Kier alpha value is -1.35. The lowest BCUT2D eigenvalue weighted by molar-refractivity contribution is -0.133. The number of benzene rings is 1. The molecule has 21 heavy (non-hydrogen) atoms. The fraction of sp³-hybridized carbons (Fsp3) is 0.611. The van der Waals surface area contributed by atoms with E-state index in [2.05, 4.69) is 48.3 Å². The maximum Gasteiger partial charge on any atom is 0.241 e. The highest BCUT2D eigenvalue weighted by Gasteiger charge is 2.45. The van der Waals surface area contributed by atoms with Crippen molar-refractivity contribution < 1.29 is 4.79 Å². The van der Waals surface area contributed by atoms with Crippen LogP contribution in [-0.2, 0) is 4.79 Å². The predicted molar refractivity (Wildman–Crippen MR) is 84.7 cm³/mol. The van der Waals surface area contributed by atoms with Crippen molar-refractivity contribution in [1.82, 2.24) is 10.2 Å². The van der Waals surface area contributed by atoms with Crippen molar-refractivity contribution in [2.75, 3.05) is 0 Å². The Bertz CT molecular complexity index is 487. The van der Waals surface area contributed by atoms with E-state index in [-0.39, 0.29) is 12.2 Å². The van der Waals surface area contributed by atoms with Gasteiger partial charge in [-0.2, -0.15) is 0 Å². The lowest BCUT2D eigenvalue weighted by Crippen LogP contribution is -2.41. The van der Waals surface area contributed by atoms with Crippen molar-refractivity contribution in [2.45, 2.75) is 64.2 Å². The highest BCUT2D eigenvalue weighted by Crippen LogP contribution is 2.37. The predicted octanol–water partition coefficient (Wildman–Crippen LogP) is 3.47. The third-order valence-corrected chi connectivity index (χ3v) is 5.06. The van der Waals surface area contributed by atoms with E-state index in [4.69, 9.17) is 0 Å². The van der Waals surface area contributed by atoms with Gasteiger partial charge in [0, 0.05) is 6.04 Å². The van der Waals surface area contributed by atoms with Gasteiger partial charge < -0.3 is 4.90 Å². The van der Waals surface area contributed by atoms with Crippen LogP contribution in [0.25, 0.3) is 0 Å². The zero-order valence-electron chi connectivity index (χ0n) is 13.1. The molecule has 0 radical (unpaired) electrons. The molecule has 2 fully saturated rings. The summed E-state index contributed by atoms with van der Waals surface area (Å²) in [5.74, 6) is 0.923. The Morgan fingerprint density at radius 3 is 2.62 bits per heavy atom. The first-order valence-corrected chi connectivity index (χ1v) is 8.35. The number of nitrogens with zero attached hydrogens (tertiary/aromatic N) is 1. The Labute approximate surface area is 127 Å². The van der Waals surface area contributed by atoms with E-state index < -0.39 is 0 Å². The Morgan fingerprint density at radius 2 is 2.00 bits per heavy atom. The van der Waals surface area contributed by atoms with Gasteiger partial charge >= 0.3 is 0 Å². The van der Waals surface area contributed by atoms with E-state index >= 15 is 0 Å². The summed E-state index contributed by atoms with van der Waals surface area (Å²) in [6.07, 6.45) is 5.67. The van der Waals surface area contributed by atoms with Crippen LogP contribution in [0.4, 0.5) is 0 Å². The SMILES string of the molecule is CCCC1NC(c2ccccc2)N(C2CCCC2C)C1=O. The number of carbonyl (C=O) groups is 1. The smallest absolute Gasteiger partial charge is 0.241 e. The monoisotopic (exact) mass is 286 g/mol. The minimum atomic E-state index is -0.00648. The van der Waals surface area contributed by atoms with E-state index in [1.165, 1.54) is 18.4 Å². The molecule has 1 amide bonds. The van der Waals surface area contributed by atoms with Crippen molar-refractivity contribution in [3.63, 3.8) is 0 Å². The molecule has 4 atom stereocenters. The average Bonchev–Trinajstić information content (AvgIpc) is 3.05. The van der Waals surface area contributed by atoms with E-state index in [0.29, 0.717) is 17.9 Å². The van der Waals surface area contributed by atoms with Gasteiger partial charge in [-0.3, -0.25) is 10.1 Å². The molecule has 1 heterocycles. The minimum Gasteiger partial charge on any atom is -0.318 e. The molecule has 1 aliphatic heterocycles. The fourth-order valence-electron chi connectivity index (χ4n) is 3.93. The molecule has 3 nitrogen and oxygen atoms in total. The molecule has 1 N–H and O–H groups in total. The fourth-order valence-corrected chi connectivity index (χ4v) is 3.93. The lowest BCUT2D eigenvalue weighted by Gasteiger charge is -2.33. The van der Waals surface area contributed by atoms with Crippen LogP contribution < -0.4 is 5.32 Å². The van der Waals surface area contributed by atoms with Crippen LogP contribution in [0.5, 0.6) is 0 Å². The molecule has 3 rings (SSSR count). The van der Waals surface area contributed by atoms with Crippen LogP contribution in [0.2, 0.25) is 0 Å². The van der Waals surface area contributed by atoms with Crippen molar-refractivity contribution >= 4 is 5.91 Å². The summed E-state index contributed by atoms with van der Waals surface area (Å²) in [4.78, 5) is 15.0. The van der Waals surface area contributed by atoms with Crippen molar-refractivity contribution in [2.24, 2.45) is 5.92 Å². The summed E-state index contributed by atoms with van der Waals surface area (Å²) in [6, 6.07) is 10.8. The van der Waals surface area contributed by atoms with Crippen LogP contribution in [0, 0.1) is 5.92 Å². The maximum absolute atomic E-state index is 12.9. The van der Waals surface area contributed by atoms with Crippen LogP contribution >= 0.6 is 0 Å². The minimum absolute atomic E-state index is 0.00648. The zero-order chi connectivity index (χ0) is 14.8. The second kappa shape index (κ2) is 6.18. The highest BCUT2D eigenvalue weighted by atomic mass is 16.2. The van der Waals surface area contributed by atoms with Gasteiger partial charge in [0.25, 0.3) is 0 Å². The molecule has 3 heteroatoms. The van der Waals surface area contributed by atoms with E-state index in [1.807, 2.05) is 6.07 Å². The summed E-state index contributed by atoms with van der Waals surface area (Å²) in [7, 11) is 0. The highest BCUT2D eigenvalue weighted by molar-refractivity contribution is 5.85. The molecule has 2 aliphatic rings. The Morgan fingerprint density at radius 1 is 1.24 bits per heavy atom. The van der Waals surface area contributed by atoms with Crippen molar-refractivity contribution in [1.29, 1.82) is 0 Å². The molecule has 1 aromatic carbocycles.